The summed E-state index contributed by atoms with van der Waals surface area (Å²) < 4.78 is 0. The lowest BCUT2D eigenvalue weighted by molar-refractivity contribution is -0.121. The molecular formula is C11H25N3O. The Hall–Kier alpha value is -0.610. The largest absolute Gasteiger partial charge is 0.354 e. The molecule has 4 nitrogen and oxygen atoms in total. The molecular weight excluding hydrogens is 190 g/mol. The average Bonchev–Trinajstić information content (AvgIpc) is 2.09. The van der Waals surface area contributed by atoms with Crippen LogP contribution in [0.5, 0.6) is 0 Å². The van der Waals surface area contributed by atoms with Gasteiger partial charge in [-0.1, -0.05) is 0 Å². The molecule has 2 N–H and O–H groups in total. The Kier molecular flexibility index (Phi) is 8.33. The predicted octanol–water partition coefficient (Wildman–Crippen LogP) is 0.442. The van der Waals surface area contributed by atoms with Crippen LogP contribution in [0.3, 0.4) is 0 Å². The van der Waals surface area contributed by atoms with Gasteiger partial charge < -0.3 is 15.5 Å². The second-order valence-electron chi connectivity index (χ2n) is 4.38. The third kappa shape index (κ3) is 11.3. The van der Waals surface area contributed by atoms with Crippen molar-refractivity contribution in [3.05, 3.63) is 0 Å². The van der Waals surface area contributed by atoms with Crippen molar-refractivity contribution < 1.29 is 4.79 Å². The van der Waals surface area contributed by atoms with Crippen LogP contribution >= 0.6 is 0 Å². The van der Waals surface area contributed by atoms with Gasteiger partial charge in [0.05, 0.1) is 0 Å². The summed E-state index contributed by atoms with van der Waals surface area (Å²) >= 11 is 0. The Bertz CT molecular complexity index is 169. The summed E-state index contributed by atoms with van der Waals surface area (Å²) in [5.74, 6) is 0.130. The van der Waals surface area contributed by atoms with Crippen molar-refractivity contribution in [3.8, 4) is 0 Å². The van der Waals surface area contributed by atoms with Crippen LogP contribution in [0.4, 0.5) is 0 Å². The van der Waals surface area contributed by atoms with Gasteiger partial charge >= 0.3 is 0 Å². The highest BCUT2D eigenvalue weighted by molar-refractivity contribution is 5.76. The van der Waals surface area contributed by atoms with Crippen LogP contribution in [0.15, 0.2) is 0 Å². The molecule has 90 valence electrons. The van der Waals surface area contributed by atoms with E-state index in [0.717, 1.165) is 26.1 Å². The fraction of sp³-hybridized carbons (Fsp3) is 0.909. The molecule has 0 aromatic heterocycles. The summed E-state index contributed by atoms with van der Waals surface area (Å²) in [7, 11) is 4.13. The van der Waals surface area contributed by atoms with Crippen molar-refractivity contribution in [2.45, 2.75) is 32.7 Å². The average molecular weight is 215 g/mol. The third-order valence-corrected chi connectivity index (χ3v) is 1.94. The maximum atomic E-state index is 11.2. The first-order valence-electron chi connectivity index (χ1n) is 5.67. The third-order valence-electron chi connectivity index (χ3n) is 1.94. The highest BCUT2D eigenvalue weighted by atomic mass is 16.1. The van der Waals surface area contributed by atoms with Crippen molar-refractivity contribution in [2.75, 3.05) is 33.7 Å². The molecule has 15 heavy (non-hydrogen) atoms. The molecule has 0 saturated carbocycles. The molecule has 0 aromatic rings. The summed E-state index contributed by atoms with van der Waals surface area (Å²) in [6.45, 7) is 6.79. The van der Waals surface area contributed by atoms with E-state index in [4.69, 9.17) is 0 Å². The monoisotopic (exact) mass is 215 g/mol. The molecule has 4 heteroatoms. The normalized spacial score (nSPS) is 11.1. The van der Waals surface area contributed by atoms with Gasteiger partial charge in [-0.3, -0.25) is 4.79 Å². The van der Waals surface area contributed by atoms with Crippen LogP contribution in [0.2, 0.25) is 0 Å². The molecule has 0 spiro atoms. The molecule has 0 atom stereocenters. The van der Waals surface area contributed by atoms with E-state index in [1.165, 1.54) is 0 Å². The van der Waals surface area contributed by atoms with Gasteiger partial charge in [-0.2, -0.15) is 0 Å². The Balaban J connectivity index is 3.20. The van der Waals surface area contributed by atoms with E-state index in [1.807, 2.05) is 13.8 Å². The second kappa shape index (κ2) is 8.68. The fourth-order valence-corrected chi connectivity index (χ4v) is 1.24. The van der Waals surface area contributed by atoms with Crippen LogP contribution in [0.25, 0.3) is 0 Å². The van der Waals surface area contributed by atoms with Crippen molar-refractivity contribution in [3.63, 3.8) is 0 Å². The number of carbonyl (C=O) groups is 1. The summed E-state index contributed by atoms with van der Waals surface area (Å²) in [5.41, 5.74) is 0. The summed E-state index contributed by atoms with van der Waals surface area (Å²) in [6, 6.07) is 0.242. The zero-order chi connectivity index (χ0) is 11.7. The van der Waals surface area contributed by atoms with E-state index >= 15 is 0 Å². The quantitative estimate of drug-likeness (QED) is 0.578. The van der Waals surface area contributed by atoms with Gasteiger partial charge in [0.15, 0.2) is 0 Å². The smallest absolute Gasteiger partial charge is 0.221 e. The summed E-state index contributed by atoms with van der Waals surface area (Å²) in [6.07, 6.45) is 1.69. The lowest BCUT2D eigenvalue weighted by Gasteiger charge is -2.10. The molecule has 0 rings (SSSR count). The van der Waals surface area contributed by atoms with Crippen LogP contribution in [-0.4, -0.2) is 50.6 Å². The molecule has 0 heterocycles. The lowest BCUT2D eigenvalue weighted by Crippen LogP contribution is -2.33. The number of nitrogens with zero attached hydrogens (tertiary/aromatic N) is 1. The second-order valence-corrected chi connectivity index (χ2v) is 4.38. The Morgan fingerprint density at radius 2 is 1.93 bits per heavy atom. The molecule has 0 aromatic carbocycles. The van der Waals surface area contributed by atoms with E-state index in [9.17, 15) is 4.79 Å². The molecule has 0 fully saturated rings. The zero-order valence-electron chi connectivity index (χ0n) is 10.5. The van der Waals surface area contributed by atoms with Gasteiger partial charge in [0.1, 0.15) is 0 Å². The number of hydrogen-bond donors (Lipinski definition) is 2. The van der Waals surface area contributed by atoms with Crippen molar-refractivity contribution >= 4 is 5.91 Å². The number of nitrogens with one attached hydrogen (secondary N) is 2. The molecule has 0 aliphatic rings. The number of carbonyl (C=O) groups excluding carboxylic acids is 1. The Morgan fingerprint density at radius 1 is 1.27 bits per heavy atom. The van der Waals surface area contributed by atoms with Crippen molar-refractivity contribution in [2.24, 2.45) is 0 Å². The Morgan fingerprint density at radius 3 is 2.47 bits per heavy atom. The first-order chi connectivity index (χ1) is 7.02. The topological polar surface area (TPSA) is 44.4 Å². The minimum Gasteiger partial charge on any atom is -0.354 e. The van der Waals surface area contributed by atoms with E-state index in [-0.39, 0.29) is 11.9 Å². The summed E-state index contributed by atoms with van der Waals surface area (Å²) in [4.78, 5) is 13.4. The number of rotatable bonds is 8. The van der Waals surface area contributed by atoms with Crippen LogP contribution in [-0.2, 0) is 4.79 Å². The first-order valence-corrected chi connectivity index (χ1v) is 5.67. The SMILES string of the molecule is CC(C)NC(=O)CCNCCCN(C)C. The highest BCUT2D eigenvalue weighted by Crippen LogP contribution is 1.84. The summed E-state index contributed by atoms with van der Waals surface area (Å²) in [5, 5.41) is 6.12. The molecule has 0 bridgehead atoms. The van der Waals surface area contributed by atoms with Crippen LogP contribution in [0.1, 0.15) is 26.7 Å². The zero-order valence-corrected chi connectivity index (χ0v) is 10.5. The number of hydrogen-bond acceptors (Lipinski definition) is 3. The first kappa shape index (κ1) is 14.4. The molecule has 0 unspecified atom stereocenters. The maximum Gasteiger partial charge on any atom is 0.221 e. The van der Waals surface area contributed by atoms with Gasteiger partial charge in [0, 0.05) is 19.0 Å². The van der Waals surface area contributed by atoms with E-state index < -0.39 is 0 Å². The van der Waals surface area contributed by atoms with E-state index in [0.29, 0.717) is 6.42 Å². The lowest BCUT2D eigenvalue weighted by atomic mass is 10.3. The predicted molar refractivity (Wildman–Crippen MR) is 63.9 cm³/mol. The van der Waals surface area contributed by atoms with Crippen LogP contribution in [0, 0.1) is 0 Å². The molecule has 0 aliphatic carbocycles. The van der Waals surface area contributed by atoms with E-state index in [1.54, 1.807) is 0 Å². The molecule has 1 amide bonds. The van der Waals surface area contributed by atoms with E-state index in [2.05, 4.69) is 29.6 Å². The minimum atomic E-state index is 0.130. The highest BCUT2D eigenvalue weighted by Gasteiger charge is 2.01. The molecule has 0 aliphatic heterocycles. The molecule has 0 radical (unpaired) electrons. The van der Waals surface area contributed by atoms with Gasteiger partial charge in [-0.15, -0.1) is 0 Å². The maximum absolute atomic E-state index is 11.2. The van der Waals surface area contributed by atoms with Crippen molar-refractivity contribution in [1.82, 2.24) is 15.5 Å². The minimum absolute atomic E-state index is 0.130. The Labute approximate surface area is 93.4 Å². The van der Waals surface area contributed by atoms with Crippen molar-refractivity contribution in [1.29, 1.82) is 0 Å². The fourth-order valence-electron chi connectivity index (χ4n) is 1.24. The molecule has 0 saturated heterocycles. The standard InChI is InChI=1S/C11H25N3O/c1-10(2)13-11(15)6-8-12-7-5-9-14(3)4/h10,12H,5-9H2,1-4H3,(H,13,15). The van der Waals surface area contributed by atoms with Gasteiger partial charge in [-0.25, -0.2) is 0 Å². The number of amides is 1. The van der Waals surface area contributed by atoms with Crippen LogP contribution < -0.4 is 10.6 Å². The van der Waals surface area contributed by atoms with Gasteiger partial charge in [0.25, 0.3) is 0 Å². The van der Waals surface area contributed by atoms with Gasteiger partial charge in [-0.05, 0) is 47.5 Å². The van der Waals surface area contributed by atoms with Gasteiger partial charge in [0.2, 0.25) is 5.91 Å².